The van der Waals surface area contributed by atoms with Gasteiger partial charge in [0.1, 0.15) is 17.3 Å². The van der Waals surface area contributed by atoms with Crippen LogP contribution in [0.2, 0.25) is 0 Å². The maximum absolute atomic E-state index is 13.2. The Morgan fingerprint density at radius 3 is 2.32 bits per heavy atom. The second kappa shape index (κ2) is 13.2. The highest BCUT2D eigenvalue weighted by Gasteiger charge is 2.27. The van der Waals surface area contributed by atoms with Crippen molar-refractivity contribution in [1.82, 2.24) is 10.2 Å². The molecule has 3 N–H and O–H groups in total. The number of guanidine groups is 1. The Balaban J connectivity index is 1.55. The van der Waals surface area contributed by atoms with Gasteiger partial charge in [0.05, 0.1) is 12.5 Å². The summed E-state index contributed by atoms with van der Waals surface area (Å²) in [6, 6.07) is 21.8. The lowest BCUT2D eigenvalue weighted by Gasteiger charge is -2.32. The van der Waals surface area contributed by atoms with Crippen LogP contribution < -0.4 is 20.7 Å². The van der Waals surface area contributed by atoms with E-state index in [1.165, 1.54) is 25.0 Å². The van der Waals surface area contributed by atoms with Gasteiger partial charge in [0.2, 0.25) is 18.1 Å². The molecule has 3 aromatic carbocycles. The van der Waals surface area contributed by atoms with Gasteiger partial charge in [-0.1, -0.05) is 30.3 Å². The summed E-state index contributed by atoms with van der Waals surface area (Å²) in [5, 5.41) is 12.3. The Bertz CT molecular complexity index is 1250. The van der Waals surface area contributed by atoms with E-state index >= 15 is 0 Å². The van der Waals surface area contributed by atoms with Crippen LogP contribution in [-0.4, -0.2) is 42.9 Å². The number of nitrogens with one attached hydrogen (secondary N) is 1. The van der Waals surface area contributed by atoms with Gasteiger partial charge in [-0.05, 0) is 80.0 Å². The summed E-state index contributed by atoms with van der Waals surface area (Å²) in [5.74, 6) is 0.534. The molecule has 1 fully saturated rings. The minimum Gasteiger partial charge on any atom is -0.457 e. The maximum Gasteiger partial charge on any atom is 0.222 e. The number of rotatable bonds is 10. The number of carbonyl (C=O) groups excluding carboxylic acids is 1. The Morgan fingerprint density at radius 1 is 1.05 bits per heavy atom. The molecule has 0 spiro atoms. The number of likely N-dealkylation sites (tertiary alicyclic amines) is 1. The highest BCUT2D eigenvalue weighted by atomic mass is 19.1. The first-order valence-electron chi connectivity index (χ1n) is 12.6. The van der Waals surface area contributed by atoms with Crippen LogP contribution in [0.25, 0.3) is 0 Å². The molecule has 0 aliphatic carbocycles. The number of carbonyl (C=O) groups is 1. The molecule has 1 unspecified atom stereocenters. The van der Waals surface area contributed by atoms with Crippen molar-refractivity contribution in [2.45, 2.75) is 25.3 Å². The molecule has 1 amide bonds. The van der Waals surface area contributed by atoms with E-state index in [0.29, 0.717) is 23.7 Å². The van der Waals surface area contributed by atoms with Crippen LogP contribution in [0, 0.1) is 17.3 Å². The molecule has 0 aromatic heterocycles. The third-order valence-corrected chi connectivity index (χ3v) is 6.40. The molecular formula is C29H31FN6O2. The lowest BCUT2D eigenvalue weighted by Crippen LogP contribution is -2.43. The van der Waals surface area contributed by atoms with Gasteiger partial charge in [-0.25, -0.2) is 4.39 Å². The first-order valence-corrected chi connectivity index (χ1v) is 12.6. The lowest BCUT2D eigenvalue weighted by atomic mass is 10.0. The van der Waals surface area contributed by atoms with Gasteiger partial charge in [0.25, 0.3) is 0 Å². The van der Waals surface area contributed by atoms with Gasteiger partial charge < -0.3 is 25.6 Å². The fourth-order valence-corrected chi connectivity index (χ4v) is 4.53. The standard InChI is InChI=1S/C29H31FN6O2/c30-23-8-12-25(13-9-23)38-26-14-10-24(11-15-26)36(29(32)34-21-31)27(22-6-2-1-3-7-22)20-28(37)33-16-19-35-17-4-5-18-35/h1-3,6-15,27H,4-5,16-20H2,(H2,32,34)(H,33,37). The van der Waals surface area contributed by atoms with Crippen LogP contribution in [0.15, 0.2) is 83.9 Å². The van der Waals surface area contributed by atoms with E-state index in [0.717, 1.165) is 25.2 Å². The predicted octanol–water partition coefficient (Wildman–Crippen LogP) is 4.56. The first kappa shape index (κ1) is 26.6. The van der Waals surface area contributed by atoms with Crippen molar-refractivity contribution < 1.29 is 13.9 Å². The molecule has 1 aliphatic heterocycles. The van der Waals surface area contributed by atoms with Crippen molar-refractivity contribution in [1.29, 1.82) is 5.26 Å². The van der Waals surface area contributed by atoms with E-state index in [4.69, 9.17) is 10.5 Å². The van der Waals surface area contributed by atoms with Crippen LogP contribution in [-0.2, 0) is 4.79 Å². The number of hydrogen-bond donors (Lipinski definition) is 2. The van der Waals surface area contributed by atoms with Gasteiger partial charge in [-0.2, -0.15) is 5.26 Å². The van der Waals surface area contributed by atoms with Gasteiger partial charge in [0.15, 0.2) is 0 Å². The van der Waals surface area contributed by atoms with Crippen LogP contribution in [0.4, 0.5) is 10.1 Å². The third kappa shape index (κ3) is 7.31. The Hall–Kier alpha value is -4.42. The zero-order valence-electron chi connectivity index (χ0n) is 21.1. The van der Waals surface area contributed by atoms with Crippen molar-refractivity contribution in [3.05, 3.63) is 90.2 Å². The first-order chi connectivity index (χ1) is 18.5. The van der Waals surface area contributed by atoms with Crippen LogP contribution in [0.1, 0.15) is 30.9 Å². The van der Waals surface area contributed by atoms with Crippen molar-refractivity contribution in [3.63, 3.8) is 0 Å². The van der Waals surface area contributed by atoms with E-state index in [1.54, 1.807) is 47.5 Å². The van der Waals surface area contributed by atoms with Crippen molar-refractivity contribution in [2.75, 3.05) is 31.1 Å². The summed E-state index contributed by atoms with van der Waals surface area (Å²) in [7, 11) is 0. The molecule has 1 atom stereocenters. The number of nitrogens with two attached hydrogens (primary N) is 1. The zero-order chi connectivity index (χ0) is 26.7. The van der Waals surface area contributed by atoms with E-state index in [2.05, 4.69) is 15.2 Å². The average molecular weight is 515 g/mol. The highest BCUT2D eigenvalue weighted by Crippen LogP contribution is 2.32. The molecule has 0 bridgehead atoms. The number of amides is 1. The van der Waals surface area contributed by atoms with E-state index in [1.807, 2.05) is 30.3 Å². The Morgan fingerprint density at radius 2 is 1.68 bits per heavy atom. The molecule has 9 heteroatoms. The summed E-state index contributed by atoms with van der Waals surface area (Å²) >= 11 is 0. The molecule has 0 saturated carbocycles. The molecule has 3 aromatic rings. The molecule has 1 aliphatic rings. The monoisotopic (exact) mass is 514 g/mol. The fourth-order valence-electron chi connectivity index (χ4n) is 4.53. The van der Waals surface area contributed by atoms with Crippen molar-refractivity contribution >= 4 is 17.6 Å². The maximum atomic E-state index is 13.2. The van der Waals surface area contributed by atoms with Gasteiger partial charge in [-0.3, -0.25) is 4.79 Å². The minimum atomic E-state index is -0.510. The molecule has 1 heterocycles. The van der Waals surface area contributed by atoms with Gasteiger partial charge in [-0.15, -0.1) is 4.99 Å². The SMILES string of the molecule is N#CN=C(N)N(c1ccc(Oc2ccc(F)cc2)cc1)C(CC(=O)NCCN1CCCC1)c1ccccc1. The lowest BCUT2D eigenvalue weighted by molar-refractivity contribution is -0.121. The van der Waals surface area contributed by atoms with Crippen LogP contribution in [0.5, 0.6) is 11.5 Å². The van der Waals surface area contributed by atoms with E-state index in [-0.39, 0.29) is 24.1 Å². The van der Waals surface area contributed by atoms with Gasteiger partial charge >= 0.3 is 0 Å². The summed E-state index contributed by atoms with van der Waals surface area (Å²) in [4.78, 5) is 20.9. The molecule has 4 rings (SSSR count). The third-order valence-electron chi connectivity index (χ3n) is 6.40. The average Bonchev–Trinajstić information content (AvgIpc) is 3.45. The number of ether oxygens (including phenoxy) is 1. The highest BCUT2D eigenvalue weighted by molar-refractivity contribution is 5.97. The molecular weight excluding hydrogens is 483 g/mol. The largest absolute Gasteiger partial charge is 0.457 e. The Labute approximate surface area is 222 Å². The van der Waals surface area contributed by atoms with E-state index < -0.39 is 6.04 Å². The van der Waals surface area contributed by atoms with Crippen molar-refractivity contribution in [3.8, 4) is 17.7 Å². The summed E-state index contributed by atoms with van der Waals surface area (Å²) in [5.41, 5.74) is 7.76. The second-order valence-electron chi connectivity index (χ2n) is 9.02. The zero-order valence-corrected chi connectivity index (χ0v) is 21.1. The summed E-state index contributed by atoms with van der Waals surface area (Å²) in [6.45, 7) is 3.52. The summed E-state index contributed by atoms with van der Waals surface area (Å²) in [6.07, 6.45) is 4.26. The number of halogens is 1. The fraction of sp³-hybridized carbons (Fsp3) is 0.276. The molecule has 0 radical (unpaired) electrons. The van der Waals surface area contributed by atoms with Crippen LogP contribution in [0.3, 0.4) is 0 Å². The molecule has 1 saturated heterocycles. The van der Waals surface area contributed by atoms with E-state index in [9.17, 15) is 14.4 Å². The topological polar surface area (TPSA) is 107 Å². The quantitative estimate of drug-likeness (QED) is 0.233. The normalized spacial score (nSPS) is 14.5. The molecule has 8 nitrogen and oxygen atoms in total. The predicted molar refractivity (Wildman–Crippen MR) is 145 cm³/mol. The molecule has 196 valence electrons. The number of aliphatic imine (C=N–C) groups is 1. The van der Waals surface area contributed by atoms with Gasteiger partial charge in [0, 0.05) is 18.8 Å². The van der Waals surface area contributed by atoms with Crippen LogP contribution >= 0.6 is 0 Å². The number of hydrogen-bond acceptors (Lipinski definition) is 5. The number of benzene rings is 3. The second-order valence-corrected chi connectivity index (χ2v) is 9.02. The van der Waals surface area contributed by atoms with Crippen molar-refractivity contribution in [2.24, 2.45) is 10.7 Å². The summed E-state index contributed by atoms with van der Waals surface area (Å²) < 4.78 is 19.0. The number of anilines is 1. The minimum absolute atomic E-state index is 0.0292. The number of nitrogens with zero attached hydrogens (tertiary/aromatic N) is 4. The number of nitriles is 1. The smallest absolute Gasteiger partial charge is 0.222 e. The molecule has 38 heavy (non-hydrogen) atoms. The Kier molecular flexibility index (Phi) is 9.27.